The zero-order chi connectivity index (χ0) is 23.8. The third-order valence-electron chi connectivity index (χ3n) is 4.32. The van der Waals surface area contributed by atoms with Crippen LogP contribution in [-0.2, 0) is 12.4 Å². The molecule has 0 fully saturated rings. The molecule has 2 aromatic carbocycles. The van der Waals surface area contributed by atoms with Gasteiger partial charge >= 0.3 is 12.4 Å². The normalized spacial score (nSPS) is 12.0. The number of benzene rings is 2. The summed E-state index contributed by atoms with van der Waals surface area (Å²) in [5, 5.41) is -0.01000. The smallest absolute Gasteiger partial charge is 0.319 e. The first-order valence-electron chi connectivity index (χ1n) is 8.86. The molecule has 0 unspecified atom stereocenters. The van der Waals surface area contributed by atoms with Crippen molar-refractivity contribution in [1.29, 1.82) is 0 Å². The number of halogens is 7. The molecule has 0 bridgehead atoms. The van der Waals surface area contributed by atoms with Crippen LogP contribution in [0.3, 0.4) is 0 Å². The van der Waals surface area contributed by atoms with Crippen LogP contribution in [0, 0.1) is 13.8 Å². The van der Waals surface area contributed by atoms with Crippen molar-refractivity contribution >= 4 is 33.7 Å². The Bertz CT molecular complexity index is 1360. The Balaban J connectivity index is 0.000000181. The Hall–Kier alpha value is -3.21. The van der Waals surface area contributed by atoms with Gasteiger partial charge in [-0.3, -0.25) is 4.79 Å². The second-order valence-electron chi connectivity index (χ2n) is 6.62. The van der Waals surface area contributed by atoms with Gasteiger partial charge in [-0.15, -0.1) is 0 Å². The average molecular weight is 475 g/mol. The van der Waals surface area contributed by atoms with Gasteiger partial charge in [0.1, 0.15) is 11.2 Å². The van der Waals surface area contributed by atoms with Crippen LogP contribution in [0.1, 0.15) is 22.5 Å². The van der Waals surface area contributed by atoms with E-state index in [-0.39, 0.29) is 32.9 Å². The molecule has 2 aromatic heterocycles. The van der Waals surface area contributed by atoms with Gasteiger partial charge < -0.3 is 4.98 Å². The van der Waals surface area contributed by atoms with E-state index in [0.29, 0.717) is 5.69 Å². The van der Waals surface area contributed by atoms with E-state index >= 15 is 0 Å². The highest BCUT2D eigenvalue weighted by Gasteiger charge is 2.34. The maximum Gasteiger partial charge on any atom is 0.418 e. The molecule has 0 saturated carbocycles. The molecule has 0 amide bonds. The Morgan fingerprint density at radius 3 is 1.91 bits per heavy atom. The van der Waals surface area contributed by atoms with Crippen molar-refractivity contribution in [1.82, 2.24) is 19.9 Å². The standard InChI is InChI=1S/C10H6ClF3N2.C10H7F3N2O/c1-5-9(11)16-8-6(10(12,13)14)3-2-4-7(8)15-5;1-5-9(16)15-8-6(10(11,12)13)3-2-4-7(8)14-5/h2-4H,1H3;2-4H,1H3,(H,15,16). The summed E-state index contributed by atoms with van der Waals surface area (Å²) >= 11 is 5.67. The van der Waals surface area contributed by atoms with E-state index in [1.54, 1.807) is 6.92 Å². The van der Waals surface area contributed by atoms with Crippen LogP contribution in [0.4, 0.5) is 26.3 Å². The number of aryl methyl sites for hydroxylation is 2. The SMILES string of the molecule is Cc1nc2cccc(C(F)(F)F)c2[nH]c1=O.Cc1nc2cccc(C(F)(F)F)c2nc1Cl. The van der Waals surface area contributed by atoms with Gasteiger partial charge in [-0.05, 0) is 38.1 Å². The van der Waals surface area contributed by atoms with Crippen molar-refractivity contribution in [2.24, 2.45) is 0 Å². The van der Waals surface area contributed by atoms with Crippen LogP contribution in [0.15, 0.2) is 41.2 Å². The summed E-state index contributed by atoms with van der Waals surface area (Å²) in [6, 6.07) is 7.33. The van der Waals surface area contributed by atoms with Gasteiger partial charge in [0.2, 0.25) is 0 Å². The average Bonchev–Trinajstić information content (AvgIpc) is 2.68. The van der Waals surface area contributed by atoms with Crippen LogP contribution in [0.5, 0.6) is 0 Å². The number of hydrogen-bond donors (Lipinski definition) is 1. The van der Waals surface area contributed by atoms with Gasteiger partial charge in [-0.2, -0.15) is 26.3 Å². The van der Waals surface area contributed by atoms with Gasteiger partial charge in [-0.25, -0.2) is 15.0 Å². The lowest BCUT2D eigenvalue weighted by atomic mass is 10.1. The number of H-pyrrole nitrogens is 1. The summed E-state index contributed by atoms with van der Waals surface area (Å²) < 4.78 is 75.7. The monoisotopic (exact) mass is 474 g/mol. The number of rotatable bonds is 0. The third-order valence-corrected chi connectivity index (χ3v) is 4.68. The van der Waals surface area contributed by atoms with Crippen molar-refractivity contribution in [2.45, 2.75) is 26.2 Å². The van der Waals surface area contributed by atoms with E-state index in [2.05, 4.69) is 19.9 Å². The lowest BCUT2D eigenvalue weighted by Crippen LogP contribution is -2.15. The predicted octanol–water partition coefficient (Wildman–Crippen LogP) is 5.86. The number of nitrogens with zero attached hydrogens (tertiary/aromatic N) is 3. The van der Waals surface area contributed by atoms with Crippen LogP contribution in [0.25, 0.3) is 22.1 Å². The first-order chi connectivity index (χ1) is 14.8. The van der Waals surface area contributed by atoms with Crippen molar-refractivity contribution in [3.63, 3.8) is 0 Å². The first kappa shape index (κ1) is 23.5. The summed E-state index contributed by atoms with van der Waals surface area (Å²) in [6.07, 6.45) is -8.95. The summed E-state index contributed by atoms with van der Waals surface area (Å²) in [5.41, 5.74) is -1.92. The van der Waals surface area contributed by atoms with Crippen LogP contribution >= 0.6 is 11.6 Å². The number of aromatic nitrogens is 4. The molecular formula is C20H13ClF6N4O. The van der Waals surface area contributed by atoms with Crippen LogP contribution in [-0.4, -0.2) is 19.9 Å². The topological polar surface area (TPSA) is 71.5 Å². The van der Waals surface area contributed by atoms with E-state index in [1.165, 1.54) is 31.2 Å². The fourth-order valence-electron chi connectivity index (χ4n) is 2.81. The molecule has 4 aromatic rings. The summed E-state index contributed by atoms with van der Waals surface area (Å²) in [7, 11) is 0. The molecule has 0 aliphatic heterocycles. The molecule has 0 saturated heterocycles. The summed E-state index contributed by atoms with van der Waals surface area (Å²) in [4.78, 5) is 24.9. The summed E-state index contributed by atoms with van der Waals surface area (Å²) in [6.45, 7) is 3.04. The molecule has 12 heteroatoms. The number of nitrogens with one attached hydrogen (secondary N) is 1. The second kappa shape index (κ2) is 8.38. The summed E-state index contributed by atoms with van der Waals surface area (Å²) in [5.74, 6) is 0. The Kier molecular flexibility index (Phi) is 6.14. The van der Waals surface area contributed by atoms with E-state index in [9.17, 15) is 31.1 Å². The number of alkyl halides is 6. The van der Waals surface area contributed by atoms with E-state index in [4.69, 9.17) is 11.6 Å². The van der Waals surface area contributed by atoms with E-state index in [0.717, 1.165) is 12.1 Å². The molecule has 32 heavy (non-hydrogen) atoms. The highest BCUT2D eigenvalue weighted by Crippen LogP contribution is 2.34. The molecule has 1 N–H and O–H groups in total. The molecule has 0 radical (unpaired) electrons. The highest BCUT2D eigenvalue weighted by atomic mass is 35.5. The van der Waals surface area contributed by atoms with Gasteiger partial charge in [-0.1, -0.05) is 23.7 Å². The lowest BCUT2D eigenvalue weighted by molar-refractivity contribution is -0.137. The maximum absolute atomic E-state index is 12.6. The Morgan fingerprint density at radius 2 is 1.31 bits per heavy atom. The largest absolute Gasteiger partial charge is 0.418 e. The van der Waals surface area contributed by atoms with E-state index < -0.39 is 29.0 Å². The number of aromatic amines is 1. The maximum atomic E-state index is 12.6. The van der Waals surface area contributed by atoms with Gasteiger partial charge in [0, 0.05) is 0 Å². The fraction of sp³-hybridized carbons (Fsp3) is 0.200. The quantitative estimate of drug-likeness (QED) is 0.324. The minimum atomic E-state index is -4.50. The minimum absolute atomic E-state index is 0.01000. The molecular weight excluding hydrogens is 462 g/mol. The van der Waals surface area contributed by atoms with Gasteiger partial charge in [0.25, 0.3) is 5.56 Å². The van der Waals surface area contributed by atoms with Gasteiger partial charge in [0.05, 0.1) is 33.4 Å². The zero-order valence-electron chi connectivity index (χ0n) is 16.4. The molecule has 168 valence electrons. The predicted molar refractivity (Wildman–Crippen MR) is 106 cm³/mol. The van der Waals surface area contributed by atoms with Crippen molar-refractivity contribution in [2.75, 3.05) is 0 Å². The molecule has 0 spiro atoms. The van der Waals surface area contributed by atoms with Crippen LogP contribution < -0.4 is 5.56 Å². The van der Waals surface area contributed by atoms with E-state index in [1.807, 2.05) is 0 Å². The minimum Gasteiger partial charge on any atom is -0.319 e. The molecule has 4 rings (SSSR count). The Morgan fingerprint density at radius 1 is 0.781 bits per heavy atom. The zero-order valence-corrected chi connectivity index (χ0v) is 17.1. The van der Waals surface area contributed by atoms with Crippen molar-refractivity contribution in [3.8, 4) is 0 Å². The molecule has 0 aliphatic carbocycles. The van der Waals surface area contributed by atoms with Gasteiger partial charge in [0.15, 0.2) is 5.15 Å². The molecule has 0 aliphatic rings. The van der Waals surface area contributed by atoms with Crippen molar-refractivity contribution in [3.05, 3.63) is 74.4 Å². The second-order valence-corrected chi connectivity index (χ2v) is 6.98. The number of para-hydroxylation sites is 2. The van der Waals surface area contributed by atoms with Crippen LogP contribution in [0.2, 0.25) is 5.15 Å². The fourth-order valence-corrected chi connectivity index (χ4v) is 2.94. The highest BCUT2D eigenvalue weighted by molar-refractivity contribution is 6.30. The molecule has 2 heterocycles. The number of fused-ring (bicyclic) bond motifs is 2. The first-order valence-corrected chi connectivity index (χ1v) is 9.23. The molecule has 5 nitrogen and oxygen atoms in total. The Labute approximate surface area is 181 Å². The number of hydrogen-bond acceptors (Lipinski definition) is 4. The van der Waals surface area contributed by atoms with Crippen molar-refractivity contribution < 1.29 is 26.3 Å². The lowest BCUT2D eigenvalue weighted by Gasteiger charge is -2.09. The molecule has 0 atom stereocenters. The third kappa shape index (κ3) is 4.82.